The average molecular weight is 367 g/mol. The van der Waals surface area contributed by atoms with Crippen molar-refractivity contribution in [2.24, 2.45) is 11.1 Å². The molecule has 1 amide bonds. The molecule has 1 aliphatic rings. The number of amides is 1. The zero-order valence-electron chi connectivity index (χ0n) is 16.5. The Bertz CT molecular complexity index is 804. The summed E-state index contributed by atoms with van der Waals surface area (Å²) in [5, 5.41) is 3.69. The van der Waals surface area contributed by atoms with Gasteiger partial charge in [-0.1, -0.05) is 38.1 Å². The van der Waals surface area contributed by atoms with E-state index in [0.29, 0.717) is 17.0 Å². The molecule has 0 heterocycles. The van der Waals surface area contributed by atoms with Gasteiger partial charge in [0.25, 0.3) is 0 Å². The summed E-state index contributed by atoms with van der Waals surface area (Å²) >= 11 is 0. The van der Waals surface area contributed by atoms with Crippen molar-refractivity contribution in [1.82, 2.24) is 5.32 Å². The lowest BCUT2D eigenvalue weighted by atomic mass is 9.75. The molecule has 0 aliphatic heterocycles. The third-order valence-electron chi connectivity index (χ3n) is 5.66. The number of hydrogen-bond donors (Lipinski definition) is 2. The molecular formula is C23H30N2O2. The summed E-state index contributed by atoms with van der Waals surface area (Å²) in [6.45, 7) is 5.56. The van der Waals surface area contributed by atoms with Gasteiger partial charge in [0.15, 0.2) is 0 Å². The first-order valence-electron chi connectivity index (χ1n) is 9.68. The molecule has 0 aromatic heterocycles. The molecular weight excluding hydrogens is 336 g/mol. The maximum absolute atomic E-state index is 11.5. The van der Waals surface area contributed by atoms with Crippen molar-refractivity contribution in [2.75, 3.05) is 7.11 Å². The highest BCUT2D eigenvalue weighted by Crippen LogP contribution is 2.35. The zero-order valence-corrected chi connectivity index (χ0v) is 16.5. The molecule has 0 radical (unpaired) electrons. The van der Waals surface area contributed by atoms with Crippen molar-refractivity contribution in [3.63, 3.8) is 0 Å². The van der Waals surface area contributed by atoms with Crippen LogP contribution in [0.4, 0.5) is 0 Å². The van der Waals surface area contributed by atoms with Crippen LogP contribution in [0.3, 0.4) is 0 Å². The van der Waals surface area contributed by atoms with Crippen LogP contribution in [0.1, 0.15) is 55.5 Å². The lowest BCUT2D eigenvalue weighted by molar-refractivity contribution is 0.100. The lowest BCUT2D eigenvalue weighted by Gasteiger charge is -2.34. The Morgan fingerprint density at radius 3 is 2.59 bits per heavy atom. The number of carbonyl (C=O) groups is 1. The summed E-state index contributed by atoms with van der Waals surface area (Å²) in [6.07, 6.45) is 5.04. The van der Waals surface area contributed by atoms with Gasteiger partial charge in [-0.25, -0.2) is 0 Å². The molecule has 1 fully saturated rings. The topological polar surface area (TPSA) is 64.3 Å². The fourth-order valence-electron chi connectivity index (χ4n) is 3.79. The Morgan fingerprint density at radius 1 is 1.19 bits per heavy atom. The molecule has 0 atom stereocenters. The van der Waals surface area contributed by atoms with Gasteiger partial charge < -0.3 is 15.8 Å². The second kappa shape index (κ2) is 8.13. The number of methoxy groups -OCH3 is 1. The molecule has 0 unspecified atom stereocenters. The first-order valence-corrected chi connectivity index (χ1v) is 9.68. The highest BCUT2D eigenvalue weighted by molar-refractivity contribution is 5.94. The Kier molecular flexibility index (Phi) is 5.85. The van der Waals surface area contributed by atoms with Crippen LogP contribution >= 0.6 is 0 Å². The average Bonchev–Trinajstić information content (AvgIpc) is 2.67. The number of nitrogens with one attached hydrogen (secondary N) is 1. The highest BCUT2D eigenvalue weighted by Gasteiger charge is 2.26. The van der Waals surface area contributed by atoms with Crippen LogP contribution in [0.2, 0.25) is 0 Å². The molecule has 4 heteroatoms. The predicted molar refractivity (Wildman–Crippen MR) is 110 cm³/mol. The Morgan fingerprint density at radius 2 is 1.93 bits per heavy atom. The van der Waals surface area contributed by atoms with E-state index in [2.05, 4.69) is 37.4 Å². The van der Waals surface area contributed by atoms with E-state index in [-0.39, 0.29) is 0 Å². The van der Waals surface area contributed by atoms with E-state index in [1.165, 1.54) is 31.2 Å². The molecule has 144 valence electrons. The van der Waals surface area contributed by atoms with Gasteiger partial charge in [0.05, 0.1) is 7.11 Å². The van der Waals surface area contributed by atoms with Crippen LogP contribution in [-0.4, -0.2) is 19.1 Å². The second-order valence-corrected chi connectivity index (χ2v) is 8.30. The van der Waals surface area contributed by atoms with Crippen LogP contribution in [0, 0.1) is 5.41 Å². The van der Waals surface area contributed by atoms with Crippen molar-refractivity contribution in [2.45, 2.75) is 52.1 Å². The van der Waals surface area contributed by atoms with Crippen LogP contribution in [-0.2, 0) is 6.54 Å². The van der Waals surface area contributed by atoms with Crippen LogP contribution < -0.4 is 15.8 Å². The fourth-order valence-corrected chi connectivity index (χ4v) is 3.79. The van der Waals surface area contributed by atoms with Crippen molar-refractivity contribution < 1.29 is 9.53 Å². The van der Waals surface area contributed by atoms with E-state index in [4.69, 9.17) is 10.5 Å². The van der Waals surface area contributed by atoms with Crippen molar-refractivity contribution in [1.29, 1.82) is 0 Å². The van der Waals surface area contributed by atoms with E-state index >= 15 is 0 Å². The first kappa shape index (κ1) is 19.4. The van der Waals surface area contributed by atoms with E-state index in [0.717, 1.165) is 23.4 Å². The van der Waals surface area contributed by atoms with Gasteiger partial charge in [0.1, 0.15) is 5.75 Å². The number of primary amides is 1. The molecule has 2 aromatic rings. The standard InChI is InChI=1S/C23H30N2O2/c1-23(2)11-9-19(10-12-23)25-15-16-7-8-20(21(13-16)27-3)17-5-4-6-18(14-17)22(24)26/h4-8,13-14,19,25H,9-12,15H2,1-3H3,(H2,24,26). The van der Waals surface area contributed by atoms with E-state index in [1.54, 1.807) is 13.2 Å². The minimum Gasteiger partial charge on any atom is -0.496 e. The molecule has 3 N–H and O–H groups in total. The van der Waals surface area contributed by atoms with E-state index < -0.39 is 5.91 Å². The van der Waals surface area contributed by atoms with Gasteiger partial charge in [-0.3, -0.25) is 4.79 Å². The molecule has 27 heavy (non-hydrogen) atoms. The Balaban J connectivity index is 1.71. The molecule has 2 aromatic carbocycles. The number of nitrogens with two attached hydrogens (primary N) is 1. The zero-order chi connectivity index (χ0) is 19.4. The fraction of sp³-hybridized carbons (Fsp3) is 0.435. The second-order valence-electron chi connectivity index (χ2n) is 8.30. The quantitative estimate of drug-likeness (QED) is 0.790. The summed E-state index contributed by atoms with van der Waals surface area (Å²) in [6, 6.07) is 14.2. The van der Waals surface area contributed by atoms with Crippen LogP contribution in [0.15, 0.2) is 42.5 Å². The summed E-state index contributed by atoms with van der Waals surface area (Å²) in [5.74, 6) is 0.382. The van der Waals surface area contributed by atoms with Gasteiger partial charge in [0, 0.05) is 23.7 Å². The smallest absolute Gasteiger partial charge is 0.248 e. The van der Waals surface area contributed by atoms with Gasteiger partial charge >= 0.3 is 0 Å². The van der Waals surface area contributed by atoms with Gasteiger partial charge in [0.2, 0.25) is 5.91 Å². The maximum atomic E-state index is 11.5. The van der Waals surface area contributed by atoms with Gasteiger partial charge in [-0.2, -0.15) is 0 Å². The largest absolute Gasteiger partial charge is 0.496 e. The SMILES string of the molecule is COc1cc(CNC2CCC(C)(C)CC2)ccc1-c1cccc(C(N)=O)c1. The third-order valence-corrected chi connectivity index (χ3v) is 5.66. The highest BCUT2D eigenvalue weighted by atomic mass is 16.5. The summed E-state index contributed by atoms with van der Waals surface area (Å²) in [7, 11) is 1.68. The van der Waals surface area contributed by atoms with Gasteiger partial charge in [-0.15, -0.1) is 0 Å². The number of rotatable bonds is 6. The number of hydrogen-bond acceptors (Lipinski definition) is 3. The van der Waals surface area contributed by atoms with Crippen molar-refractivity contribution >= 4 is 5.91 Å². The normalized spacial score (nSPS) is 16.9. The summed E-state index contributed by atoms with van der Waals surface area (Å²) < 4.78 is 5.62. The predicted octanol–water partition coefficient (Wildman–Crippen LogP) is 4.52. The number of benzene rings is 2. The molecule has 0 bridgehead atoms. The molecule has 1 aliphatic carbocycles. The minimum absolute atomic E-state index is 0.424. The first-order chi connectivity index (χ1) is 12.9. The third kappa shape index (κ3) is 4.89. The van der Waals surface area contributed by atoms with Gasteiger partial charge in [-0.05, 0) is 60.4 Å². The minimum atomic E-state index is -0.424. The van der Waals surface area contributed by atoms with Crippen molar-refractivity contribution in [3.8, 4) is 16.9 Å². The van der Waals surface area contributed by atoms with E-state index in [9.17, 15) is 4.79 Å². The summed E-state index contributed by atoms with van der Waals surface area (Å²) in [4.78, 5) is 11.5. The maximum Gasteiger partial charge on any atom is 0.248 e. The van der Waals surface area contributed by atoms with Crippen LogP contribution in [0.25, 0.3) is 11.1 Å². The lowest BCUT2D eigenvalue weighted by Crippen LogP contribution is -2.35. The molecule has 0 saturated heterocycles. The molecule has 0 spiro atoms. The van der Waals surface area contributed by atoms with Crippen molar-refractivity contribution in [3.05, 3.63) is 53.6 Å². The molecule has 1 saturated carbocycles. The number of ether oxygens (including phenoxy) is 1. The summed E-state index contributed by atoms with van der Waals surface area (Å²) in [5.41, 5.74) is 9.48. The van der Waals surface area contributed by atoms with Crippen LogP contribution in [0.5, 0.6) is 5.75 Å². The monoisotopic (exact) mass is 366 g/mol. The van der Waals surface area contributed by atoms with E-state index in [1.807, 2.05) is 18.2 Å². The molecule has 4 nitrogen and oxygen atoms in total. The molecule has 3 rings (SSSR count). The Labute approximate surface area is 162 Å². The number of carbonyl (C=O) groups excluding carboxylic acids is 1. The Hall–Kier alpha value is -2.33.